The molecule has 44 heavy (non-hydrogen) atoms. The summed E-state index contributed by atoms with van der Waals surface area (Å²) in [4.78, 5) is 0. The normalized spacial score (nSPS) is 29.2. The lowest BCUT2D eigenvalue weighted by molar-refractivity contribution is -0.332. The van der Waals surface area contributed by atoms with Gasteiger partial charge in [0.25, 0.3) is 0 Å². The Balaban J connectivity index is 1.63. The summed E-state index contributed by atoms with van der Waals surface area (Å²) in [5.41, 5.74) is 2.57. The van der Waals surface area contributed by atoms with E-state index < -0.39 is 19.5 Å². The monoisotopic (exact) mass is 622 g/mol. The fraction of sp³-hybridized carbons (Fsp3) is 0.632. The second-order valence-corrected chi connectivity index (χ2v) is 19.7. The SMILES string of the molecule is C=CC[C@@H]1C[C@@H](O[Si](C(C)C)(C(C)C)C(C)C)[C@@]2(C)O[C@@](C)(CCOCc3ccccc3)[C@H](OCc3ccccc3)C[C@@H]2O1. The second kappa shape index (κ2) is 15.2. The molecule has 2 heterocycles. The second-order valence-electron chi connectivity index (χ2n) is 14.3. The van der Waals surface area contributed by atoms with Crippen molar-refractivity contribution in [3.8, 4) is 0 Å². The van der Waals surface area contributed by atoms with Crippen LogP contribution in [0.1, 0.15) is 92.2 Å². The standard InChI is InChI=1S/C38H58O5Si/c1-10-17-33-24-36(42-44(28(2)3,29(4)5)30(6)7)38(9)35(41-33)25-34(40-27-32-20-15-12-16-21-32)37(8,43-38)22-23-39-26-31-18-13-11-14-19-31/h10-16,18-21,28-30,33-36H,1,17,22-27H2,2-9H3/t33-,34-,35+,36-,37+,38+/m1/s1. The number of hydrogen-bond donors (Lipinski definition) is 0. The zero-order chi connectivity index (χ0) is 32.0. The van der Waals surface area contributed by atoms with E-state index in [1.165, 1.54) is 5.56 Å². The lowest BCUT2D eigenvalue weighted by atomic mass is 9.75. The van der Waals surface area contributed by atoms with E-state index in [-0.39, 0.29) is 24.4 Å². The van der Waals surface area contributed by atoms with Gasteiger partial charge < -0.3 is 23.4 Å². The van der Waals surface area contributed by atoms with Gasteiger partial charge in [-0.25, -0.2) is 0 Å². The van der Waals surface area contributed by atoms with Gasteiger partial charge in [-0.1, -0.05) is 108 Å². The third-order valence-corrected chi connectivity index (χ3v) is 16.4. The molecule has 5 nitrogen and oxygen atoms in total. The Morgan fingerprint density at radius 3 is 1.95 bits per heavy atom. The summed E-state index contributed by atoms with van der Waals surface area (Å²) in [5.74, 6) is 0. The molecule has 0 amide bonds. The molecular weight excluding hydrogens is 564 g/mol. The van der Waals surface area contributed by atoms with Gasteiger partial charge in [-0.05, 0) is 48.0 Å². The molecule has 0 radical (unpaired) electrons. The first-order chi connectivity index (χ1) is 20.9. The molecular formula is C38H58O5Si. The molecule has 0 saturated carbocycles. The summed E-state index contributed by atoms with van der Waals surface area (Å²) in [6.45, 7) is 24.3. The van der Waals surface area contributed by atoms with Gasteiger partial charge in [0.05, 0.1) is 43.2 Å². The Hall–Kier alpha value is -1.80. The van der Waals surface area contributed by atoms with Crippen LogP contribution in [0.5, 0.6) is 0 Å². The average molecular weight is 623 g/mol. The molecule has 0 N–H and O–H groups in total. The molecule has 0 spiro atoms. The van der Waals surface area contributed by atoms with Gasteiger partial charge in [0.1, 0.15) is 5.60 Å². The van der Waals surface area contributed by atoms with Crippen molar-refractivity contribution in [2.24, 2.45) is 0 Å². The van der Waals surface area contributed by atoms with E-state index in [1.807, 2.05) is 18.2 Å². The van der Waals surface area contributed by atoms with Crippen LogP contribution in [0, 0.1) is 0 Å². The molecule has 0 bridgehead atoms. The Morgan fingerprint density at radius 2 is 1.41 bits per heavy atom. The van der Waals surface area contributed by atoms with Crippen LogP contribution in [0.25, 0.3) is 0 Å². The summed E-state index contributed by atoms with van der Waals surface area (Å²) < 4.78 is 34.8. The van der Waals surface area contributed by atoms with Crippen LogP contribution in [-0.2, 0) is 36.6 Å². The summed E-state index contributed by atoms with van der Waals surface area (Å²) >= 11 is 0. The highest BCUT2D eigenvalue weighted by molar-refractivity contribution is 6.77. The van der Waals surface area contributed by atoms with Crippen molar-refractivity contribution in [3.05, 3.63) is 84.4 Å². The van der Waals surface area contributed by atoms with Crippen molar-refractivity contribution in [1.82, 2.24) is 0 Å². The van der Waals surface area contributed by atoms with Crippen molar-refractivity contribution >= 4 is 8.32 Å². The van der Waals surface area contributed by atoms with Crippen LogP contribution in [-0.4, -0.2) is 50.5 Å². The van der Waals surface area contributed by atoms with Gasteiger partial charge in [-0.3, -0.25) is 0 Å². The molecule has 2 aliphatic heterocycles. The minimum atomic E-state index is -2.20. The highest BCUT2D eigenvalue weighted by Crippen LogP contribution is 2.51. The van der Waals surface area contributed by atoms with Crippen LogP contribution in [0.2, 0.25) is 16.6 Å². The Labute approximate surface area is 268 Å². The molecule has 2 aliphatic rings. The lowest BCUT2D eigenvalue weighted by Gasteiger charge is -2.60. The maximum Gasteiger partial charge on any atom is 0.200 e. The van der Waals surface area contributed by atoms with Gasteiger partial charge >= 0.3 is 0 Å². The molecule has 6 atom stereocenters. The van der Waals surface area contributed by atoms with E-state index in [0.29, 0.717) is 42.9 Å². The molecule has 244 valence electrons. The van der Waals surface area contributed by atoms with Gasteiger partial charge in [-0.15, -0.1) is 6.58 Å². The molecule has 2 aromatic rings. The minimum Gasteiger partial charge on any atom is -0.410 e. The summed E-state index contributed by atoms with van der Waals surface area (Å²) in [6, 6.07) is 20.7. The van der Waals surface area contributed by atoms with Gasteiger partial charge in [0.15, 0.2) is 0 Å². The van der Waals surface area contributed by atoms with Crippen LogP contribution in [0.3, 0.4) is 0 Å². The van der Waals surface area contributed by atoms with Gasteiger partial charge in [-0.2, -0.15) is 0 Å². The van der Waals surface area contributed by atoms with E-state index in [9.17, 15) is 0 Å². The van der Waals surface area contributed by atoms with Crippen LogP contribution < -0.4 is 0 Å². The first kappa shape index (κ1) is 35.1. The predicted octanol–water partition coefficient (Wildman–Crippen LogP) is 9.41. The number of ether oxygens (including phenoxy) is 4. The van der Waals surface area contributed by atoms with Crippen molar-refractivity contribution < 1.29 is 23.4 Å². The van der Waals surface area contributed by atoms with E-state index in [2.05, 4.69) is 110 Å². The maximum absolute atomic E-state index is 7.58. The maximum atomic E-state index is 7.58. The molecule has 0 unspecified atom stereocenters. The number of hydrogen-bond acceptors (Lipinski definition) is 5. The first-order valence-electron chi connectivity index (χ1n) is 16.9. The smallest absolute Gasteiger partial charge is 0.200 e. The molecule has 2 saturated heterocycles. The van der Waals surface area contributed by atoms with E-state index >= 15 is 0 Å². The first-order valence-corrected chi connectivity index (χ1v) is 19.0. The fourth-order valence-corrected chi connectivity index (χ4v) is 13.6. The number of benzene rings is 2. The van der Waals surface area contributed by atoms with Crippen LogP contribution in [0.4, 0.5) is 0 Å². The van der Waals surface area contributed by atoms with Gasteiger partial charge in [0, 0.05) is 25.9 Å². The quantitative estimate of drug-likeness (QED) is 0.112. The largest absolute Gasteiger partial charge is 0.410 e. The van der Waals surface area contributed by atoms with Crippen LogP contribution >= 0.6 is 0 Å². The molecule has 6 heteroatoms. The van der Waals surface area contributed by atoms with Crippen molar-refractivity contribution in [2.45, 2.75) is 147 Å². The Bertz CT molecular complexity index is 1130. The zero-order valence-electron chi connectivity index (χ0n) is 28.6. The molecule has 2 aromatic carbocycles. The minimum absolute atomic E-state index is 0.0469. The molecule has 2 fully saturated rings. The molecule has 4 rings (SSSR count). The zero-order valence-corrected chi connectivity index (χ0v) is 29.6. The summed E-state index contributed by atoms with van der Waals surface area (Å²) in [7, 11) is -2.20. The predicted molar refractivity (Wildman–Crippen MR) is 182 cm³/mol. The summed E-state index contributed by atoms with van der Waals surface area (Å²) in [6.07, 6.45) is 4.69. The topological polar surface area (TPSA) is 46.2 Å². The van der Waals surface area contributed by atoms with E-state index in [4.69, 9.17) is 23.4 Å². The third-order valence-electron chi connectivity index (χ3n) is 10.3. The van der Waals surface area contributed by atoms with E-state index in [0.717, 1.165) is 24.8 Å². The Morgan fingerprint density at radius 1 is 0.841 bits per heavy atom. The highest BCUT2D eigenvalue weighted by Gasteiger charge is 2.61. The average Bonchev–Trinajstić information content (AvgIpc) is 2.98. The highest BCUT2D eigenvalue weighted by atomic mass is 28.4. The number of rotatable bonds is 15. The number of fused-ring (bicyclic) bond motifs is 1. The summed E-state index contributed by atoms with van der Waals surface area (Å²) in [5, 5.41) is 0. The van der Waals surface area contributed by atoms with Gasteiger partial charge in [0.2, 0.25) is 8.32 Å². The molecule has 0 aliphatic carbocycles. The molecule has 0 aromatic heterocycles. The van der Waals surface area contributed by atoms with Crippen molar-refractivity contribution in [2.75, 3.05) is 6.61 Å². The Kier molecular flexibility index (Phi) is 12.1. The van der Waals surface area contributed by atoms with Crippen molar-refractivity contribution in [1.29, 1.82) is 0 Å². The fourth-order valence-electron chi connectivity index (χ4n) is 7.96. The van der Waals surface area contributed by atoms with Crippen LogP contribution in [0.15, 0.2) is 73.3 Å². The van der Waals surface area contributed by atoms with Crippen molar-refractivity contribution in [3.63, 3.8) is 0 Å². The van der Waals surface area contributed by atoms with E-state index in [1.54, 1.807) is 0 Å². The third kappa shape index (κ3) is 7.76. The lowest BCUT2D eigenvalue weighted by Crippen LogP contribution is -2.71.